The molecular weight excluding hydrogens is 345 g/mol. The minimum absolute atomic E-state index is 0.0311. The Morgan fingerprint density at radius 1 is 0.857 bits per heavy atom. The standard InChI is InChI=1S/C15H8BrF3N2/c16-13-10-6-2-4-8-12(10)20-14(21-13)9-5-1-3-7-11(9)15(17,18)19/h1-8H. The van der Waals surface area contributed by atoms with Crippen molar-refractivity contribution >= 4 is 26.8 Å². The van der Waals surface area contributed by atoms with Gasteiger partial charge in [-0.05, 0) is 28.1 Å². The molecule has 0 spiro atoms. The van der Waals surface area contributed by atoms with E-state index in [4.69, 9.17) is 0 Å². The summed E-state index contributed by atoms with van der Waals surface area (Å²) in [5.74, 6) is 0.0495. The number of rotatable bonds is 1. The Hall–Kier alpha value is -1.95. The Balaban J connectivity index is 2.27. The second-order valence-electron chi connectivity index (χ2n) is 4.40. The van der Waals surface area contributed by atoms with Crippen LogP contribution in [-0.2, 0) is 6.18 Å². The van der Waals surface area contributed by atoms with Gasteiger partial charge in [-0.1, -0.05) is 36.4 Å². The predicted octanol–water partition coefficient (Wildman–Crippen LogP) is 5.08. The maximum Gasteiger partial charge on any atom is 0.417 e. The van der Waals surface area contributed by atoms with Gasteiger partial charge in [0.25, 0.3) is 0 Å². The summed E-state index contributed by atoms with van der Waals surface area (Å²) >= 11 is 3.29. The van der Waals surface area contributed by atoms with Crippen molar-refractivity contribution in [2.75, 3.05) is 0 Å². The number of aromatic nitrogens is 2. The molecule has 106 valence electrons. The van der Waals surface area contributed by atoms with Crippen LogP contribution >= 0.6 is 15.9 Å². The third kappa shape index (κ3) is 2.63. The van der Waals surface area contributed by atoms with Crippen molar-refractivity contribution in [3.63, 3.8) is 0 Å². The highest BCUT2D eigenvalue weighted by Crippen LogP contribution is 2.36. The zero-order chi connectivity index (χ0) is 15.0. The van der Waals surface area contributed by atoms with Crippen LogP contribution in [0.25, 0.3) is 22.3 Å². The lowest BCUT2D eigenvalue weighted by Crippen LogP contribution is -2.08. The number of fused-ring (bicyclic) bond motifs is 1. The van der Waals surface area contributed by atoms with E-state index in [2.05, 4.69) is 25.9 Å². The van der Waals surface area contributed by atoms with Crippen LogP contribution < -0.4 is 0 Å². The third-order valence-corrected chi connectivity index (χ3v) is 3.63. The molecule has 0 aliphatic heterocycles. The van der Waals surface area contributed by atoms with Gasteiger partial charge in [0.1, 0.15) is 4.60 Å². The average molecular weight is 353 g/mol. The van der Waals surface area contributed by atoms with Gasteiger partial charge in [-0.3, -0.25) is 0 Å². The molecule has 0 saturated carbocycles. The van der Waals surface area contributed by atoms with Crippen LogP contribution in [0.5, 0.6) is 0 Å². The third-order valence-electron chi connectivity index (χ3n) is 3.03. The smallest absolute Gasteiger partial charge is 0.228 e. The van der Waals surface area contributed by atoms with E-state index in [1.165, 1.54) is 18.2 Å². The monoisotopic (exact) mass is 352 g/mol. The van der Waals surface area contributed by atoms with Gasteiger partial charge in [0.15, 0.2) is 5.82 Å². The number of nitrogens with zero attached hydrogens (tertiary/aromatic N) is 2. The molecule has 0 radical (unpaired) electrons. The summed E-state index contributed by atoms with van der Waals surface area (Å²) in [6, 6.07) is 12.4. The summed E-state index contributed by atoms with van der Waals surface area (Å²) in [6.45, 7) is 0. The highest BCUT2D eigenvalue weighted by Gasteiger charge is 2.34. The van der Waals surface area contributed by atoms with Crippen LogP contribution in [0.2, 0.25) is 0 Å². The fourth-order valence-electron chi connectivity index (χ4n) is 2.08. The lowest BCUT2D eigenvalue weighted by atomic mass is 10.1. The van der Waals surface area contributed by atoms with Crippen LogP contribution in [-0.4, -0.2) is 9.97 Å². The molecule has 0 unspecified atom stereocenters. The minimum Gasteiger partial charge on any atom is -0.228 e. The predicted molar refractivity (Wildman–Crippen MR) is 77.7 cm³/mol. The first-order chi connectivity index (χ1) is 9.97. The average Bonchev–Trinajstić information content (AvgIpc) is 2.46. The van der Waals surface area contributed by atoms with Gasteiger partial charge >= 0.3 is 6.18 Å². The molecule has 3 rings (SSSR count). The molecule has 21 heavy (non-hydrogen) atoms. The SMILES string of the molecule is FC(F)(F)c1ccccc1-c1nc(Br)c2ccccc2n1. The fraction of sp³-hybridized carbons (Fsp3) is 0.0667. The second kappa shape index (κ2) is 5.11. The molecule has 2 nitrogen and oxygen atoms in total. The van der Waals surface area contributed by atoms with Gasteiger partial charge in [-0.15, -0.1) is 0 Å². The highest BCUT2D eigenvalue weighted by atomic mass is 79.9. The van der Waals surface area contributed by atoms with E-state index in [0.29, 0.717) is 10.1 Å². The Morgan fingerprint density at radius 3 is 2.29 bits per heavy atom. The molecule has 0 aliphatic rings. The van der Waals surface area contributed by atoms with Gasteiger partial charge in [0, 0.05) is 10.9 Å². The lowest BCUT2D eigenvalue weighted by Gasteiger charge is -2.12. The van der Waals surface area contributed by atoms with E-state index >= 15 is 0 Å². The molecule has 0 amide bonds. The first-order valence-electron chi connectivity index (χ1n) is 6.06. The molecule has 3 aromatic rings. The zero-order valence-corrected chi connectivity index (χ0v) is 12.1. The molecule has 0 N–H and O–H groups in total. The van der Waals surface area contributed by atoms with E-state index in [1.807, 2.05) is 6.07 Å². The summed E-state index contributed by atoms with van der Waals surface area (Å²) in [6.07, 6.45) is -4.45. The van der Waals surface area contributed by atoms with E-state index in [0.717, 1.165) is 11.5 Å². The number of hydrogen-bond acceptors (Lipinski definition) is 2. The second-order valence-corrected chi connectivity index (χ2v) is 5.15. The van der Waals surface area contributed by atoms with Gasteiger partial charge in [-0.2, -0.15) is 13.2 Å². The van der Waals surface area contributed by atoms with Crippen LogP contribution in [0, 0.1) is 0 Å². The fourth-order valence-corrected chi connectivity index (χ4v) is 2.59. The molecule has 0 fully saturated rings. The van der Waals surface area contributed by atoms with Crippen molar-refractivity contribution < 1.29 is 13.2 Å². The Morgan fingerprint density at radius 2 is 1.52 bits per heavy atom. The van der Waals surface area contributed by atoms with Crippen LogP contribution in [0.15, 0.2) is 53.1 Å². The van der Waals surface area contributed by atoms with Gasteiger partial charge in [0.2, 0.25) is 0 Å². The maximum absolute atomic E-state index is 13.1. The van der Waals surface area contributed by atoms with Gasteiger partial charge in [-0.25, -0.2) is 9.97 Å². The summed E-state index contributed by atoms with van der Waals surface area (Å²) in [5, 5.41) is 0.755. The molecule has 2 aromatic carbocycles. The Bertz CT molecular complexity index is 815. The summed E-state index contributed by atoms with van der Waals surface area (Å²) in [5.41, 5.74) is -0.185. The lowest BCUT2D eigenvalue weighted by molar-refractivity contribution is -0.137. The normalized spacial score (nSPS) is 11.8. The maximum atomic E-state index is 13.1. The first kappa shape index (κ1) is 14.0. The van der Waals surface area contributed by atoms with Crippen molar-refractivity contribution in [1.29, 1.82) is 0 Å². The van der Waals surface area contributed by atoms with Crippen LogP contribution in [0.1, 0.15) is 5.56 Å². The summed E-state index contributed by atoms with van der Waals surface area (Å²) < 4.78 is 39.7. The highest BCUT2D eigenvalue weighted by molar-refractivity contribution is 9.10. The van der Waals surface area contributed by atoms with E-state index in [9.17, 15) is 13.2 Å². The van der Waals surface area contributed by atoms with E-state index in [-0.39, 0.29) is 11.4 Å². The van der Waals surface area contributed by atoms with Crippen molar-refractivity contribution in [3.05, 3.63) is 58.7 Å². The Labute approximate surface area is 126 Å². The number of hydrogen-bond donors (Lipinski definition) is 0. The zero-order valence-electron chi connectivity index (χ0n) is 10.5. The van der Waals surface area contributed by atoms with Crippen molar-refractivity contribution in [2.24, 2.45) is 0 Å². The first-order valence-corrected chi connectivity index (χ1v) is 6.85. The molecule has 1 aromatic heterocycles. The molecule has 0 aliphatic carbocycles. The molecule has 0 saturated heterocycles. The van der Waals surface area contributed by atoms with Crippen molar-refractivity contribution in [1.82, 2.24) is 9.97 Å². The number of halogens is 4. The summed E-state index contributed by atoms with van der Waals surface area (Å²) in [7, 11) is 0. The van der Waals surface area contributed by atoms with Crippen molar-refractivity contribution in [2.45, 2.75) is 6.18 Å². The van der Waals surface area contributed by atoms with E-state index < -0.39 is 11.7 Å². The molecule has 0 bridgehead atoms. The van der Waals surface area contributed by atoms with Gasteiger partial charge < -0.3 is 0 Å². The van der Waals surface area contributed by atoms with Crippen LogP contribution in [0.4, 0.5) is 13.2 Å². The molecular formula is C15H8BrF3N2. The molecule has 6 heteroatoms. The van der Waals surface area contributed by atoms with Crippen LogP contribution in [0.3, 0.4) is 0 Å². The molecule has 1 heterocycles. The van der Waals surface area contributed by atoms with Crippen molar-refractivity contribution in [3.8, 4) is 11.4 Å². The Kier molecular flexibility index (Phi) is 3.41. The topological polar surface area (TPSA) is 25.8 Å². The largest absolute Gasteiger partial charge is 0.417 e. The number of alkyl halides is 3. The number of benzene rings is 2. The quantitative estimate of drug-likeness (QED) is 0.571. The van der Waals surface area contributed by atoms with E-state index in [1.54, 1.807) is 18.2 Å². The van der Waals surface area contributed by atoms with Gasteiger partial charge in [0.05, 0.1) is 11.1 Å². The minimum atomic E-state index is -4.45. The number of para-hydroxylation sites is 1. The summed E-state index contributed by atoms with van der Waals surface area (Å²) in [4.78, 5) is 8.39. The molecule has 0 atom stereocenters.